The van der Waals surface area contributed by atoms with E-state index < -0.39 is 0 Å². The molecule has 0 aliphatic carbocycles. The summed E-state index contributed by atoms with van der Waals surface area (Å²) >= 11 is 0. The standard InChI is InChI=1S/C11H23N3O/c1-8(5-6-12)14-7-9(11(2,3)4)13-10(14)15/h8-9H,5-7,12H2,1-4H3,(H,13,15). The zero-order valence-corrected chi connectivity index (χ0v) is 10.2. The fraction of sp³-hybridized carbons (Fsp3) is 0.909. The number of carbonyl (C=O) groups excluding carboxylic acids is 1. The highest BCUT2D eigenvalue weighted by molar-refractivity contribution is 5.77. The van der Waals surface area contributed by atoms with Gasteiger partial charge < -0.3 is 16.0 Å². The number of amides is 2. The van der Waals surface area contributed by atoms with Crippen LogP contribution in [0.1, 0.15) is 34.1 Å². The maximum Gasteiger partial charge on any atom is 0.318 e. The first kappa shape index (κ1) is 12.3. The van der Waals surface area contributed by atoms with E-state index in [1.807, 2.05) is 4.90 Å². The molecule has 1 rings (SSSR count). The van der Waals surface area contributed by atoms with Crippen LogP contribution in [0.25, 0.3) is 0 Å². The molecule has 2 atom stereocenters. The number of carbonyl (C=O) groups is 1. The van der Waals surface area contributed by atoms with Crippen molar-refractivity contribution < 1.29 is 4.79 Å². The molecule has 0 saturated carbocycles. The van der Waals surface area contributed by atoms with Gasteiger partial charge in [0.2, 0.25) is 0 Å². The number of nitrogens with one attached hydrogen (secondary N) is 1. The van der Waals surface area contributed by atoms with Gasteiger partial charge in [-0.3, -0.25) is 0 Å². The predicted molar refractivity (Wildman–Crippen MR) is 61.6 cm³/mol. The summed E-state index contributed by atoms with van der Waals surface area (Å²) in [6, 6.07) is 0.531. The maximum absolute atomic E-state index is 11.7. The summed E-state index contributed by atoms with van der Waals surface area (Å²) in [6.07, 6.45) is 0.865. The number of nitrogens with two attached hydrogens (primary N) is 1. The number of nitrogens with zero attached hydrogens (tertiary/aromatic N) is 1. The Bertz CT molecular complexity index is 234. The molecule has 0 radical (unpaired) electrons. The van der Waals surface area contributed by atoms with Crippen LogP contribution in [-0.4, -0.2) is 36.1 Å². The van der Waals surface area contributed by atoms with Crippen LogP contribution in [0.2, 0.25) is 0 Å². The quantitative estimate of drug-likeness (QED) is 0.739. The average Bonchev–Trinajstić information content (AvgIpc) is 2.47. The summed E-state index contributed by atoms with van der Waals surface area (Å²) < 4.78 is 0. The highest BCUT2D eigenvalue weighted by atomic mass is 16.2. The Kier molecular flexibility index (Phi) is 3.60. The van der Waals surface area contributed by atoms with Crippen LogP contribution in [0, 0.1) is 5.41 Å². The zero-order chi connectivity index (χ0) is 11.6. The van der Waals surface area contributed by atoms with E-state index in [1.54, 1.807) is 0 Å². The molecule has 0 bridgehead atoms. The van der Waals surface area contributed by atoms with Crippen molar-refractivity contribution in [2.75, 3.05) is 13.1 Å². The summed E-state index contributed by atoms with van der Waals surface area (Å²) in [7, 11) is 0. The Balaban J connectivity index is 2.60. The first-order valence-corrected chi connectivity index (χ1v) is 5.63. The van der Waals surface area contributed by atoms with Crippen molar-refractivity contribution in [2.24, 2.45) is 11.1 Å². The second-order valence-electron chi connectivity index (χ2n) is 5.45. The normalized spacial score (nSPS) is 24.2. The third-order valence-electron chi connectivity index (χ3n) is 3.10. The summed E-state index contributed by atoms with van der Waals surface area (Å²) in [6.45, 7) is 9.92. The number of hydrogen-bond acceptors (Lipinski definition) is 2. The van der Waals surface area contributed by atoms with Crippen molar-refractivity contribution in [3.05, 3.63) is 0 Å². The Morgan fingerprint density at radius 1 is 1.60 bits per heavy atom. The third-order valence-corrected chi connectivity index (χ3v) is 3.10. The molecule has 3 N–H and O–H groups in total. The van der Waals surface area contributed by atoms with Gasteiger partial charge in [0.1, 0.15) is 0 Å². The molecule has 4 nitrogen and oxygen atoms in total. The van der Waals surface area contributed by atoms with Gasteiger partial charge in [0.25, 0.3) is 0 Å². The Hall–Kier alpha value is -0.770. The molecule has 1 aliphatic heterocycles. The molecule has 15 heavy (non-hydrogen) atoms. The van der Waals surface area contributed by atoms with E-state index in [0.29, 0.717) is 6.54 Å². The van der Waals surface area contributed by atoms with Crippen LogP contribution in [0.4, 0.5) is 4.79 Å². The monoisotopic (exact) mass is 213 g/mol. The van der Waals surface area contributed by atoms with Gasteiger partial charge in [0.05, 0.1) is 6.04 Å². The summed E-state index contributed by atoms with van der Waals surface area (Å²) in [5.74, 6) is 0. The smallest absolute Gasteiger partial charge is 0.318 e. The average molecular weight is 213 g/mol. The fourth-order valence-electron chi connectivity index (χ4n) is 1.82. The van der Waals surface area contributed by atoms with Crippen molar-refractivity contribution in [1.29, 1.82) is 0 Å². The van der Waals surface area contributed by atoms with E-state index in [9.17, 15) is 4.79 Å². The molecule has 0 aromatic rings. The molecular formula is C11H23N3O. The fourth-order valence-corrected chi connectivity index (χ4v) is 1.82. The molecule has 2 amide bonds. The molecule has 1 heterocycles. The summed E-state index contributed by atoms with van der Waals surface area (Å²) in [4.78, 5) is 13.6. The van der Waals surface area contributed by atoms with Crippen LogP contribution in [-0.2, 0) is 0 Å². The number of urea groups is 1. The highest BCUT2D eigenvalue weighted by Crippen LogP contribution is 2.25. The van der Waals surface area contributed by atoms with Crippen LogP contribution < -0.4 is 11.1 Å². The van der Waals surface area contributed by atoms with Gasteiger partial charge in [-0.2, -0.15) is 0 Å². The van der Waals surface area contributed by atoms with Gasteiger partial charge >= 0.3 is 6.03 Å². The molecule has 2 unspecified atom stereocenters. The molecular weight excluding hydrogens is 190 g/mol. The van der Waals surface area contributed by atoms with E-state index in [4.69, 9.17) is 5.73 Å². The topological polar surface area (TPSA) is 58.4 Å². The predicted octanol–water partition coefficient (Wildman–Crippen LogP) is 1.16. The minimum Gasteiger partial charge on any atom is -0.333 e. The molecule has 88 valence electrons. The minimum absolute atomic E-state index is 0.0517. The molecule has 1 fully saturated rings. The van der Waals surface area contributed by atoms with E-state index in [1.165, 1.54) is 0 Å². The van der Waals surface area contributed by atoms with E-state index in [0.717, 1.165) is 13.0 Å². The first-order chi connectivity index (χ1) is 6.86. The lowest BCUT2D eigenvalue weighted by Crippen LogP contribution is -2.38. The summed E-state index contributed by atoms with van der Waals surface area (Å²) in [5.41, 5.74) is 5.62. The van der Waals surface area contributed by atoms with Crippen LogP contribution in [0.15, 0.2) is 0 Å². The Morgan fingerprint density at radius 2 is 2.20 bits per heavy atom. The number of hydrogen-bond donors (Lipinski definition) is 2. The Labute approximate surface area is 92.2 Å². The third kappa shape index (κ3) is 2.84. The zero-order valence-electron chi connectivity index (χ0n) is 10.2. The second kappa shape index (κ2) is 4.39. The second-order valence-corrected chi connectivity index (χ2v) is 5.45. The van der Waals surface area contributed by atoms with Gasteiger partial charge in [-0.15, -0.1) is 0 Å². The van der Waals surface area contributed by atoms with Gasteiger partial charge in [-0.1, -0.05) is 20.8 Å². The highest BCUT2D eigenvalue weighted by Gasteiger charge is 2.37. The lowest BCUT2D eigenvalue weighted by atomic mass is 9.87. The van der Waals surface area contributed by atoms with Crippen LogP contribution in [0.3, 0.4) is 0 Å². The first-order valence-electron chi connectivity index (χ1n) is 5.63. The maximum atomic E-state index is 11.7. The van der Waals surface area contributed by atoms with Crippen molar-refractivity contribution in [3.63, 3.8) is 0 Å². The van der Waals surface area contributed by atoms with Crippen molar-refractivity contribution in [1.82, 2.24) is 10.2 Å². The lowest BCUT2D eigenvalue weighted by Gasteiger charge is -2.27. The van der Waals surface area contributed by atoms with Crippen molar-refractivity contribution in [3.8, 4) is 0 Å². The molecule has 0 aromatic heterocycles. The van der Waals surface area contributed by atoms with Gasteiger partial charge in [0.15, 0.2) is 0 Å². The summed E-state index contributed by atoms with van der Waals surface area (Å²) in [5, 5.41) is 3.03. The van der Waals surface area contributed by atoms with E-state index >= 15 is 0 Å². The molecule has 0 spiro atoms. The SMILES string of the molecule is CC(CCN)N1CC(C(C)(C)C)NC1=O. The Morgan fingerprint density at radius 3 is 2.60 bits per heavy atom. The minimum atomic E-state index is 0.0517. The number of rotatable bonds is 3. The van der Waals surface area contributed by atoms with Gasteiger partial charge in [-0.25, -0.2) is 4.79 Å². The van der Waals surface area contributed by atoms with Gasteiger partial charge in [0, 0.05) is 12.6 Å². The van der Waals surface area contributed by atoms with E-state index in [-0.39, 0.29) is 23.5 Å². The molecule has 1 saturated heterocycles. The van der Waals surface area contributed by atoms with Crippen molar-refractivity contribution in [2.45, 2.75) is 46.2 Å². The molecule has 4 heteroatoms. The lowest BCUT2D eigenvalue weighted by molar-refractivity contribution is 0.198. The van der Waals surface area contributed by atoms with Crippen molar-refractivity contribution >= 4 is 6.03 Å². The van der Waals surface area contributed by atoms with Gasteiger partial charge in [-0.05, 0) is 25.3 Å². The van der Waals surface area contributed by atoms with Crippen LogP contribution in [0.5, 0.6) is 0 Å². The largest absolute Gasteiger partial charge is 0.333 e. The molecule has 1 aliphatic rings. The van der Waals surface area contributed by atoms with E-state index in [2.05, 4.69) is 33.0 Å². The molecule has 0 aromatic carbocycles. The van der Waals surface area contributed by atoms with Crippen LogP contribution >= 0.6 is 0 Å².